The van der Waals surface area contributed by atoms with E-state index in [0.717, 1.165) is 12.1 Å². The van der Waals surface area contributed by atoms with Gasteiger partial charge in [0, 0.05) is 11.3 Å². The minimum atomic E-state index is -4.46. The number of hydrogen-bond donors (Lipinski definition) is 2. The van der Waals surface area contributed by atoms with E-state index >= 15 is 0 Å². The zero-order chi connectivity index (χ0) is 19.3. The van der Waals surface area contributed by atoms with E-state index in [9.17, 15) is 18.0 Å². The lowest BCUT2D eigenvalue weighted by atomic mass is 10.2. The smallest absolute Gasteiger partial charge is 0.416 e. The summed E-state index contributed by atoms with van der Waals surface area (Å²) in [6, 6.07) is 9.27. The number of anilines is 1. The molecule has 2 aromatic carbocycles. The molecule has 4 nitrogen and oxygen atoms in total. The third-order valence-electron chi connectivity index (χ3n) is 3.17. The van der Waals surface area contributed by atoms with Crippen molar-refractivity contribution in [3.8, 4) is 5.75 Å². The minimum absolute atomic E-state index is 0.112. The third-order valence-corrected chi connectivity index (χ3v) is 3.99. The lowest BCUT2D eigenvalue weighted by Gasteiger charge is -2.12. The van der Waals surface area contributed by atoms with Crippen molar-refractivity contribution >= 4 is 44.9 Å². The summed E-state index contributed by atoms with van der Waals surface area (Å²) in [7, 11) is 0. The average Bonchev–Trinajstić information content (AvgIpc) is 2.56. The number of carbonyl (C=O) groups excluding carboxylic acids is 1. The lowest BCUT2D eigenvalue weighted by Crippen LogP contribution is -2.34. The summed E-state index contributed by atoms with van der Waals surface area (Å²) >= 11 is 8.29. The number of nitrogens with one attached hydrogen (secondary N) is 2. The maximum atomic E-state index is 12.7. The van der Waals surface area contributed by atoms with Gasteiger partial charge >= 0.3 is 6.18 Å². The Labute approximate surface area is 161 Å². The second-order valence-corrected chi connectivity index (χ2v) is 6.33. The van der Waals surface area contributed by atoms with Crippen LogP contribution in [0.1, 0.15) is 22.8 Å². The molecule has 0 saturated carbocycles. The fourth-order valence-electron chi connectivity index (χ4n) is 2.03. The highest BCUT2D eigenvalue weighted by atomic mass is 79.9. The van der Waals surface area contributed by atoms with Crippen LogP contribution < -0.4 is 15.4 Å². The van der Waals surface area contributed by atoms with Crippen LogP contribution >= 0.6 is 28.1 Å². The zero-order valence-electron chi connectivity index (χ0n) is 13.5. The number of rotatable bonds is 4. The summed E-state index contributed by atoms with van der Waals surface area (Å²) in [6.07, 6.45) is -4.46. The van der Waals surface area contributed by atoms with Gasteiger partial charge in [-0.3, -0.25) is 10.1 Å². The van der Waals surface area contributed by atoms with Gasteiger partial charge in [-0.2, -0.15) is 13.2 Å². The van der Waals surface area contributed by atoms with Crippen molar-refractivity contribution in [1.29, 1.82) is 0 Å². The first-order valence-corrected chi connectivity index (χ1v) is 8.62. The molecule has 0 heterocycles. The zero-order valence-corrected chi connectivity index (χ0v) is 15.9. The summed E-state index contributed by atoms with van der Waals surface area (Å²) in [6.45, 7) is 2.32. The Morgan fingerprint density at radius 3 is 2.58 bits per heavy atom. The second-order valence-electron chi connectivity index (χ2n) is 5.07. The van der Waals surface area contributed by atoms with E-state index in [1.807, 2.05) is 6.92 Å². The number of hydrogen-bond acceptors (Lipinski definition) is 3. The summed E-state index contributed by atoms with van der Waals surface area (Å²) < 4.78 is 44.1. The average molecular weight is 447 g/mol. The predicted octanol–water partition coefficient (Wildman–Crippen LogP) is 4.99. The maximum Gasteiger partial charge on any atom is 0.416 e. The quantitative estimate of drug-likeness (QED) is 0.649. The molecular weight excluding hydrogens is 433 g/mol. The SMILES string of the molecule is CCOc1ccc(C(=O)NC(=S)Nc2cccc(C(F)(F)F)c2)cc1Br. The van der Waals surface area contributed by atoms with Crippen LogP contribution in [0, 0.1) is 0 Å². The highest BCUT2D eigenvalue weighted by molar-refractivity contribution is 9.10. The molecule has 0 aromatic heterocycles. The molecule has 0 atom stereocenters. The van der Waals surface area contributed by atoms with Crippen molar-refractivity contribution in [2.75, 3.05) is 11.9 Å². The fraction of sp³-hybridized carbons (Fsp3) is 0.176. The van der Waals surface area contributed by atoms with E-state index in [1.165, 1.54) is 12.1 Å². The molecular formula is C17H14BrF3N2O2S. The summed E-state index contributed by atoms with van der Waals surface area (Å²) in [4.78, 5) is 12.2. The molecule has 2 aromatic rings. The molecule has 0 unspecified atom stereocenters. The molecule has 1 amide bonds. The topological polar surface area (TPSA) is 50.4 Å². The normalized spacial score (nSPS) is 11.0. The third kappa shape index (κ3) is 5.43. The molecule has 138 valence electrons. The number of alkyl halides is 3. The van der Waals surface area contributed by atoms with Gasteiger partial charge in [0.1, 0.15) is 5.75 Å². The van der Waals surface area contributed by atoms with Crippen LogP contribution in [0.2, 0.25) is 0 Å². The van der Waals surface area contributed by atoms with Crippen molar-refractivity contribution in [2.24, 2.45) is 0 Å². The number of benzene rings is 2. The van der Waals surface area contributed by atoms with Gasteiger partial charge in [0.15, 0.2) is 5.11 Å². The Bertz CT molecular complexity index is 828. The van der Waals surface area contributed by atoms with Crippen LogP contribution in [-0.2, 0) is 6.18 Å². The molecule has 0 aliphatic rings. The molecule has 9 heteroatoms. The molecule has 0 spiro atoms. The van der Waals surface area contributed by atoms with Gasteiger partial charge in [0.25, 0.3) is 5.91 Å². The first kappa shape index (κ1) is 20.2. The van der Waals surface area contributed by atoms with Crippen molar-refractivity contribution < 1.29 is 22.7 Å². The molecule has 0 bridgehead atoms. The maximum absolute atomic E-state index is 12.7. The number of thiocarbonyl (C=S) groups is 1. The minimum Gasteiger partial charge on any atom is -0.493 e. The Hall–Kier alpha value is -2.13. The van der Waals surface area contributed by atoms with E-state index in [0.29, 0.717) is 22.4 Å². The van der Waals surface area contributed by atoms with Crippen LogP contribution in [0.3, 0.4) is 0 Å². The van der Waals surface area contributed by atoms with Crippen LogP contribution in [-0.4, -0.2) is 17.6 Å². The number of amides is 1. The summed E-state index contributed by atoms with van der Waals surface area (Å²) in [5, 5.41) is 4.87. The van der Waals surface area contributed by atoms with Gasteiger partial charge in [0.05, 0.1) is 16.6 Å². The van der Waals surface area contributed by atoms with Gasteiger partial charge in [-0.15, -0.1) is 0 Å². The van der Waals surface area contributed by atoms with E-state index in [-0.39, 0.29) is 10.8 Å². The van der Waals surface area contributed by atoms with E-state index in [1.54, 1.807) is 18.2 Å². The fourth-order valence-corrected chi connectivity index (χ4v) is 2.73. The first-order valence-electron chi connectivity index (χ1n) is 7.42. The van der Waals surface area contributed by atoms with Crippen molar-refractivity contribution in [1.82, 2.24) is 5.32 Å². The Morgan fingerprint density at radius 2 is 1.96 bits per heavy atom. The molecule has 2 rings (SSSR count). The summed E-state index contributed by atoms with van der Waals surface area (Å²) in [5.74, 6) is 0.0898. The van der Waals surface area contributed by atoms with E-state index < -0.39 is 17.6 Å². The monoisotopic (exact) mass is 446 g/mol. The lowest BCUT2D eigenvalue weighted by molar-refractivity contribution is -0.137. The first-order chi connectivity index (χ1) is 12.2. The van der Waals surface area contributed by atoms with Gasteiger partial charge in [-0.05, 0) is 71.5 Å². The number of carbonyl (C=O) groups is 1. The van der Waals surface area contributed by atoms with Gasteiger partial charge in [-0.25, -0.2) is 0 Å². The van der Waals surface area contributed by atoms with Crippen molar-refractivity contribution in [3.05, 3.63) is 58.1 Å². The molecule has 0 saturated heterocycles. The Kier molecular flexibility index (Phi) is 6.60. The number of ether oxygens (including phenoxy) is 1. The highest BCUT2D eigenvalue weighted by Crippen LogP contribution is 2.30. The Morgan fingerprint density at radius 1 is 1.23 bits per heavy atom. The van der Waals surface area contributed by atoms with Crippen LogP contribution in [0.5, 0.6) is 5.75 Å². The van der Waals surface area contributed by atoms with Crippen LogP contribution in [0.25, 0.3) is 0 Å². The predicted molar refractivity (Wildman–Crippen MR) is 100 cm³/mol. The van der Waals surface area contributed by atoms with Gasteiger partial charge in [0.2, 0.25) is 0 Å². The number of halogens is 4. The standard InChI is InChI=1S/C17H14BrF3N2O2S/c1-2-25-14-7-6-10(8-13(14)18)15(24)23-16(26)22-12-5-3-4-11(9-12)17(19,20)21/h3-9H,2H2,1H3,(H2,22,23,24,26). The highest BCUT2D eigenvalue weighted by Gasteiger charge is 2.30. The Balaban J connectivity index is 2.04. The molecule has 26 heavy (non-hydrogen) atoms. The molecule has 0 aliphatic heterocycles. The summed E-state index contributed by atoms with van der Waals surface area (Å²) in [5.41, 5.74) is -0.376. The largest absolute Gasteiger partial charge is 0.493 e. The molecule has 0 aliphatic carbocycles. The van der Waals surface area contributed by atoms with Crippen molar-refractivity contribution in [2.45, 2.75) is 13.1 Å². The van der Waals surface area contributed by atoms with Crippen molar-refractivity contribution in [3.63, 3.8) is 0 Å². The van der Waals surface area contributed by atoms with Gasteiger partial charge in [-0.1, -0.05) is 6.07 Å². The van der Waals surface area contributed by atoms with E-state index in [4.69, 9.17) is 17.0 Å². The van der Waals surface area contributed by atoms with Crippen LogP contribution in [0.15, 0.2) is 46.9 Å². The molecule has 0 fully saturated rings. The molecule has 2 N–H and O–H groups in total. The second kappa shape index (κ2) is 8.50. The van der Waals surface area contributed by atoms with Crippen LogP contribution in [0.4, 0.5) is 18.9 Å². The van der Waals surface area contributed by atoms with Gasteiger partial charge < -0.3 is 10.1 Å². The van der Waals surface area contributed by atoms with E-state index in [2.05, 4.69) is 26.6 Å². The molecule has 0 radical (unpaired) electrons.